The third-order valence-corrected chi connectivity index (χ3v) is 3.40. The Morgan fingerprint density at radius 2 is 1.65 bits per heavy atom. The number of benzene rings is 1. The zero-order chi connectivity index (χ0) is 17.2. The van der Waals surface area contributed by atoms with E-state index in [1.54, 1.807) is 6.07 Å². The number of ether oxygens (including phenoxy) is 2. The first-order valence-electron chi connectivity index (χ1n) is 6.54. The molecule has 0 aliphatic carbocycles. The number of halogens is 3. The van der Waals surface area contributed by atoms with Crippen LogP contribution in [0.25, 0.3) is 0 Å². The lowest BCUT2D eigenvalue weighted by atomic mass is 9.94. The van der Waals surface area contributed by atoms with Crippen LogP contribution in [0.1, 0.15) is 0 Å². The third-order valence-electron chi connectivity index (χ3n) is 3.40. The van der Waals surface area contributed by atoms with Crippen LogP contribution in [-0.2, 0) is 23.9 Å². The van der Waals surface area contributed by atoms with Crippen molar-refractivity contribution in [2.24, 2.45) is 5.92 Å². The first kappa shape index (κ1) is 17.1. The highest BCUT2D eigenvalue weighted by Crippen LogP contribution is 2.42. The highest BCUT2D eigenvalue weighted by atomic mass is 19.4. The summed E-state index contributed by atoms with van der Waals surface area (Å²) in [6.07, 6.45) is -6.59. The Morgan fingerprint density at radius 1 is 1.09 bits per heavy atom. The first-order valence-corrected chi connectivity index (χ1v) is 6.54. The molecule has 126 valence electrons. The van der Waals surface area contributed by atoms with Gasteiger partial charge in [0.25, 0.3) is 0 Å². The van der Waals surface area contributed by atoms with Crippen molar-refractivity contribution in [3.63, 3.8) is 0 Å². The summed E-state index contributed by atoms with van der Waals surface area (Å²) < 4.78 is 49.4. The average Bonchev–Trinajstić information content (AvgIpc) is 2.95. The molecule has 0 amide bonds. The van der Waals surface area contributed by atoms with Crippen LogP contribution in [0.3, 0.4) is 0 Å². The predicted molar refractivity (Wildman–Crippen MR) is 71.2 cm³/mol. The molecular weight excluding hydrogens is 319 g/mol. The van der Waals surface area contributed by atoms with E-state index < -0.39 is 36.2 Å². The van der Waals surface area contributed by atoms with Crippen molar-refractivity contribution < 1.29 is 37.1 Å². The van der Waals surface area contributed by atoms with Crippen molar-refractivity contribution in [1.29, 1.82) is 0 Å². The van der Waals surface area contributed by atoms with E-state index in [1.807, 2.05) is 0 Å². The van der Waals surface area contributed by atoms with Crippen molar-refractivity contribution in [2.45, 2.75) is 18.3 Å². The Balaban J connectivity index is 2.50. The van der Waals surface area contributed by atoms with E-state index >= 15 is 0 Å². The van der Waals surface area contributed by atoms with Gasteiger partial charge in [-0.2, -0.15) is 13.2 Å². The first-order chi connectivity index (χ1) is 10.8. The summed E-state index contributed by atoms with van der Waals surface area (Å²) >= 11 is 0. The molecule has 1 aliphatic rings. The van der Waals surface area contributed by atoms with Crippen LogP contribution in [0.15, 0.2) is 30.3 Å². The van der Waals surface area contributed by atoms with Gasteiger partial charge in [-0.05, 0) is 12.1 Å². The molecule has 0 saturated carbocycles. The number of para-hydroxylation sites is 1. The number of alkyl halides is 3. The summed E-state index contributed by atoms with van der Waals surface area (Å²) in [6, 6.07) is 4.98. The van der Waals surface area contributed by atoms with Crippen LogP contribution in [0, 0.1) is 5.92 Å². The number of nitrogens with zero attached hydrogens (tertiary/aromatic N) is 1. The Kier molecular flexibility index (Phi) is 4.79. The minimum atomic E-state index is -4.84. The largest absolute Gasteiger partial charge is 0.469 e. The molecule has 2 rings (SSSR count). The molecule has 1 fully saturated rings. The topological polar surface area (TPSA) is 65.1 Å². The number of hydroxylamine groups is 1. The van der Waals surface area contributed by atoms with Gasteiger partial charge in [0.15, 0.2) is 12.1 Å². The normalized spacial score (nSPS) is 24.4. The molecule has 3 atom stereocenters. The van der Waals surface area contributed by atoms with Gasteiger partial charge in [-0.1, -0.05) is 18.2 Å². The maximum Gasteiger partial charge on any atom is 0.412 e. The molecule has 1 heterocycles. The molecule has 0 unspecified atom stereocenters. The molecule has 0 spiro atoms. The van der Waals surface area contributed by atoms with E-state index in [-0.39, 0.29) is 5.69 Å². The molecule has 1 aliphatic heterocycles. The van der Waals surface area contributed by atoms with Crippen molar-refractivity contribution >= 4 is 17.6 Å². The quantitative estimate of drug-likeness (QED) is 0.785. The van der Waals surface area contributed by atoms with Gasteiger partial charge in [-0.25, -0.2) is 9.86 Å². The fourth-order valence-electron chi connectivity index (χ4n) is 2.39. The summed E-state index contributed by atoms with van der Waals surface area (Å²) in [5.74, 6) is -4.19. The zero-order valence-corrected chi connectivity index (χ0v) is 12.2. The highest BCUT2D eigenvalue weighted by molar-refractivity contribution is 5.86. The molecule has 9 heteroatoms. The number of hydrogen-bond donors (Lipinski definition) is 0. The molecule has 23 heavy (non-hydrogen) atoms. The van der Waals surface area contributed by atoms with Crippen LogP contribution >= 0.6 is 0 Å². The van der Waals surface area contributed by atoms with Gasteiger partial charge >= 0.3 is 18.1 Å². The number of methoxy groups -OCH3 is 2. The van der Waals surface area contributed by atoms with Gasteiger partial charge < -0.3 is 9.47 Å². The van der Waals surface area contributed by atoms with Crippen molar-refractivity contribution in [3.05, 3.63) is 30.3 Å². The fraction of sp³-hybridized carbons (Fsp3) is 0.429. The second kappa shape index (κ2) is 6.45. The average molecular weight is 333 g/mol. The summed E-state index contributed by atoms with van der Waals surface area (Å²) in [7, 11) is 1.93. The van der Waals surface area contributed by atoms with E-state index in [2.05, 4.69) is 9.47 Å². The Morgan fingerprint density at radius 3 is 2.13 bits per heavy atom. The van der Waals surface area contributed by atoms with E-state index in [9.17, 15) is 22.8 Å². The summed E-state index contributed by atoms with van der Waals surface area (Å²) in [5.41, 5.74) is 0.0510. The fourth-order valence-corrected chi connectivity index (χ4v) is 2.39. The number of esters is 2. The second-order valence-corrected chi connectivity index (χ2v) is 4.75. The minimum absolute atomic E-state index is 0.0510. The standard InChI is InChI=1S/C14H14F3NO5/c1-21-12(19)9-10(13(20)22-2)23-18(11(9)14(15,16)17)8-6-4-3-5-7-8/h3-7,9-11H,1-2H3/t9-,10+,11-/m1/s1. The van der Waals surface area contributed by atoms with Crippen LogP contribution < -0.4 is 5.06 Å². The molecule has 6 nitrogen and oxygen atoms in total. The zero-order valence-electron chi connectivity index (χ0n) is 12.2. The van der Waals surface area contributed by atoms with Crippen LogP contribution in [0.5, 0.6) is 0 Å². The molecular formula is C14H14F3NO5. The monoisotopic (exact) mass is 333 g/mol. The number of hydrogen-bond acceptors (Lipinski definition) is 6. The highest BCUT2D eigenvalue weighted by Gasteiger charge is 2.62. The van der Waals surface area contributed by atoms with Crippen LogP contribution in [0.2, 0.25) is 0 Å². The Labute approximate surface area is 129 Å². The molecule has 1 aromatic carbocycles. The second-order valence-electron chi connectivity index (χ2n) is 4.75. The number of carbonyl (C=O) groups is 2. The molecule has 0 bridgehead atoms. The summed E-state index contributed by atoms with van der Waals surface area (Å²) in [6.45, 7) is 0. The molecule has 0 aromatic heterocycles. The van der Waals surface area contributed by atoms with Crippen LogP contribution in [0.4, 0.5) is 18.9 Å². The molecule has 0 N–H and O–H groups in total. The van der Waals surface area contributed by atoms with Gasteiger partial charge in [-0.3, -0.25) is 9.63 Å². The SMILES string of the molecule is COC(=O)[C@@H]1[C@@H](C(=O)OC)ON(c2ccccc2)[C@H]1C(F)(F)F. The van der Waals surface area contributed by atoms with Crippen molar-refractivity contribution in [3.8, 4) is 0 Å². The predicted octanol–water partition coefficient (Wildman–Crippen LogP) is 1.70. The van der Waals surface area contributed by atoms with Gasteiger partial charge in [0.2, 0.25) is 0 Å². The van der Waals surface area contributed by atoms with Gasteiger partial charge in [0, 0.05) is 0 Å². The number of rotatable bonds is 3. The molecule has 0 radical (unpaired) electrons. The maximum atomic E-state index is 13.5. The lowest BCUT2D eigenvalue weighted by Gasteiger charge is -2.27. The smallest absolute Gasteiger partial charge is 0.412 e. The Hall–Kier alpha value is -2.29. The van der Waals surface area contributed by atoms with Crippen molar-refractivity contribution in [2.75, 3.05) is 19.3 Å². The van der Waals surface area contributed by atoms with Gasteiger partial charge in [0.1, 0.15) is 5.92 Å². The van der Waals surface area contributed by atoms with E-state index in [4.69, 9.17) is 4.84 Å². The lowest BCUT2D eigenvalue weighted by molar-refractivity contribution is -0.173. The summed E-state index contributed by atoms with van der Waals surface area (Å²) in [4.78, 5) is 28.7. The molecule has 1 saturated heterocycles. The van der Waals surface area contributed by atoms with Crippen molar-refractivity contribution in [1.82, 2.24) is 0 Å². The lowest BCUT2D eigenvalue weighted by Crippen LogP contribution is -2.48. The van der Waals surface area contributed by atoms with Gasteiger partial charge in [0.05, 0.1) is 19.9 Å². The van der Waals surface area contributed by atoms with Crippen LogP contribution in [-0.4, -0.2) is 44.5 Å². The maximum absolute atomic E-state index is 13.5. The van der Waals surface area contributed by atoms with E-state index in [0.29, 0.717) is 5.06 Å². The number of carbonyl (C=O) groups excluding carboxylic acids is 2. The third kappa shape index (κ3) is 3.24. The minimum Gasteiger partial charge on any atom is -0.469 e. The van der Waals surface area contributed by atoms with E-state index in [0.717, 1.165) is 14.2 Å². The van der Waals surface area contributed by atoms with E-state index in [1.165, 1.54) is 24.3 Å². The van der Waals surface area contributed by atoms with Gasteiger partial charge in [-0.15, -0.1) is 0 Å². The summed E-state index contributed by atoms with van der Waals surface area (Å²) in [5, 5.41) is 0.503. The Bertz CT molecular complexity index is 578. The molecule has 1 aromatic rings. The number of anilines is 1.